The zero-order valence-corrected chi connectivity index (χ0v) is 13.9. The van der Waals surface area contributed by atoms with Gasteiger partial charge in [0, 0.05) is 28.1 Å². The molecule has 0 spiro atoms. The molecule has 0 aliphatic carbocycles. The first kappa shape index (κ1) is 14.3. The molecular formula is C15H14BrN3OS. The number of nitrogens with zero attached hydrogens (tertiary/aromatic N) is 2. The van der Waals surface area contributed by atoms with Gasteiger partial charge >= 0.3 is 0 Å². The highest BCUT2D eigenvalue weighted by Gasteiger charge is 2.09. The molecule has 2 heterocycles. The largest absolute Gasteiger partial charge is 0.350 e. The van der Waals surface area contributed by atoms with Crippen molar-refractivity contribution < 1.29 is 4.79 Å². The Morgan fingerprint density at radius 3 is 3.10 bits per heavy atom. The number of imidazole rings is 1. The van der Waals surface area contributed by atoms with Crippen LogP contribution in [0.2, 0.25) is 0 Å². The number of carbonyl (C=O) groups excluding carboxylic acids is 1. The van der Waals surface area contributed by atoms with Crippen LogP contribution in [0.15, 0.2) is 40.4 Å². The van der Waals surface area contributed by atoms with E-state index < -0.39 is 0 Å². The van der Waals surface area contributed by atoms with E-state index >= 15 is 0 Å². The number of thiophene rings is 1. The summed E-state index contributed by atoms with van der Waals surface area (Å²) >= 11 is 5.24. The van der Waals surface area contributed by atoms with Gasteiger partial charge in [0.15, 0.2) is 0 Å². The van der Waals surface area contributed by atoms with E-state index in [9.17, 15) is 4.79 Å². The van der Waals surface area contributed by atoms with Gasteiger partial charge in [-0.25, -0.2) is 4.98 Å². The second kappa shape index (κ2) is 5.99. The Kier molecular flexibility index (Phi) is 4.07. The lowest BCUT2D eigenvalue weighted by molar-refractivity contribution is -0.121. The molecule has 0 aliphatic heterocycles. The number of benzene rings is 1. The highest BCUT2D eigenvalue weighted by Crippen LogP contribution is 2.32. The van der Waals surface area contributed by atoms with Crippen LogP contribution in [0.3, 0.4) is 0 Å². The van der Waals surface area contributed by atoms with Gasteiger partial charge in [0.05, 0.1) is 0 Å². The molecule has 1 N–H and O–H groups in total. The summed E-state index contributed by atoms with van der Waals surface area (Å²) in [5.41, 5.74) is 1.15. The number of hydrogen-bond donors (Lipinski definition) is 1. The van der Waals surface area contributed by atoms with Crippen LogP contribution in [0, 0.1) is 6.92 Å². The average Bonchev–Trinajstić information content (AvgIpc) is 3.05. The van der Waals surface area contributed by atoms with Crippen molar-refractivity contribution in [2.75, 3.05) is 0 Å². The summed E-state index contributed by atoms with van der Waals surface area (Å²) in [7, 11) is 0. The number of amides is 1. The van der Waals surface area contributed by atoms with Crippen LogP contribution >= 0.6 is 27.3 Å². The third-order valence-electron chi connectivity index (χ3n) is 3.35. The predicted octanol–water partition coefficient (Wildman–Crippen LogP) is 3.49. The van der Waals surface area contributed by atoms with Gasteiger partial charge in [-0.2, -0.15) is 0 Å². The number of aryl methyl sites for hydroxylation is 1. The van der Waals surface area contributed by atoms with E-state index in [1.807, 2.05) is 29.8 Å². The molecule has 0 saturated carbocycles. The molecule has 108 valence electrons. The molecule has 0 aliphatic rings. The second-order valence-corrected chi connectivity index (χ2v) is 6.49. The van der Waals surface area contributed by atoms with Gasteiger partial charge in [0.25, 0.3) is 0 Å². The fourth-order valence-corrected chi connectivity index (χ4v) is 3.81. The number of hydrogen-bond acceptors (Lipinski definition) is 3. The Morgan fingerprint density at radius 2 is 2.33 bits per heavy atom. The Bertz CT molecular complexity index is 793. The van der Waals surface area contributed by atoms with Crippen LogP contribution in [0.5, 0.6) is 0 Å². The maximum atomic E-state index is 12.0. The topological polar surface area (TPSA) is 46.9 Å². The molecule has 1 aromatic carbocycles. The van der Waals surface area contributed by atoms with Crippen molar-refractivity contribution in [1.29, 1.82) is 0 Å². The quantitative estimate of drug-likeness (QED) is 0.771. The Morgan fingerprint density at radius 1 is 1.48 bits per heavy atom. The van der Waals surface area contributed by atoms with E-state index in [4.69, 9.17) is 0 Å². The molecule has 4 nitrogen and oxygen atoms in total. The normalized spacial score (nSPS) is 11.0. The molecular weight excluding hydrogens is 350 g/mol. The second-order valence-electron chi connectivity index (χ2n) is 4.76. The van der Waals surface area contributed by atoms with Crippen molar-refractivity contribution in [3.63, 3.8) is 0 Å². The molecule has 3 aromatic rings. The molecule has 6 heteroatoms. The van der Waals surface area contributed by atoms with Crippen LogP contribution < -0.4 is 5.32 Å². The van der Waals surface area contributed by atoms with Gasteiger partial charge in [-0.3, -0.25) is 4.79 Å². The van der Waals surface area contributed by atoms with E-state index in [0.717, 1.165) is 15.9 Å². The van der Waals surface area contributed by atoms with Gasteiger partial charge in [-0.05, 0) is 45.2 Å². The third kappa shape index (κ3) is 3.01. The standard InChI is InChI=1S/C15H14BrN3OS/c1-10-17-5-6-19(10)8-14(20)18-7-11-9-21-15-12(11)3-2-4-13(15)16/h2-6,9H,7-8H2,1H3,(H,18,20). The van der Waals surface area contributed by atoms with Crippen LogP contribution in [-0.2, 0) is 17.9 Å². The number of halogens is 1. The third-order valence-corrected chi connectivity index (χ3v) is 5.35. The molecule has 1 amide bonds. The van der Waals surface area contributed by atoms with Crippen LogP contribution in [0.25, 0.3) is 10.1 Å². The molecule has 3 rings (SSSR count). The van der Waals surface area contributed by atoms with Gasteiger partial charge in [-0.1, -0.05) is 12.1 Å². The lowest BCUT2D eigenvalue weighted by Crippen LogP contribution is -2.27. The molecule has 0 radical (unpaired) electrons. The molecule has 0 fully saturated rings. The minimum atomic E-state index is -0.00885. The SMILES string of the molecule is Cc1nccn1CC(=O)NCc1csc2c(Br)cccc12. The van der Waals surface area contributed by atoms with Crippen molar-refractivity contribution >= 4 is 43.3 Å². The minimum Gasteiger partial charge on any atom is -0.350 e. The van der Waals surface area contributed by atoms with Gasteiger partial charge < -0.3 is 9.88 Å². The molecule has 2 aromatic heterocycles. The lowest BCUT2D eigenvalue weighted by Gasteiger charge is -2.07. The number of rotatable bonds is 4. The Balaban J connectivity index is 1.68. The first-order chi connectivity index (χ1) is 10.1. The first-order valence-electron chi connectivity index (χ1n) is 6.54. The number of fused-ring (bicyclic) bond motifs is 1. The van der Waals surface area contributed by atoms with Crippen molar-refractivity contribution in [1.82, 2.24) is 14.9 Å². The highest BCUT2D eigenvalue weighted by molar-refractivity contribution is 9.10. The summed E-state index contributed by atoms with van der Waals surface area (Å²) in [5, 5.41) is 6.25. The smallest absolute Gasteiger partial charge is 0.240 e. The number of carbonyl (C=O) groups is 1. The maximum absolute atomic E-state index is 12.0. The molecule has 0 atom stereocenters. The van der Waals surface area contributed by atoms with Gasteiger partial charge in [0.2, 0.25) is 5.91 Å². The van der Waals surface area contributed by atoms with E-state index in [-0.39, 0.29) is 5.91 Å². The summed E-state index contributed by atoms with van der Waals surface area (Å²) in [4.78, 5) is 16.1. The Hall–Kier alpha value is -1.66. The van der Waals surface area contributed by atoms with E-state index in [2.05, 4.69) is 37.7 Å². The van der Waals surface area contributed by atoms with Crippen molar-refractivity contribution in [2.45, 2.75) is 20.0 Å². The van der Waals surface area contributed by atoms with E-state index in [1.165, 1.54) is 10.1 Å². The summed E-state index contributed by atoms with van der Waals surface area (Å²) in [5.74, 6) is 0.834. The first-order valence-corrected chi connectivity index (χ1v) is 8.21. The molecule has 0 unspecified atom stereocenters. The zero-order chi connectivity index (χ0) is 14.8. The van der Waals surface area contributed by atoms with Gasteiger partial charge in [-0.15, -0.1) is 11.3 Å². The summed E-state index contributed by atoms with van der Waals surface area (Å²) in [6, 6.07) is 6.13. The maximum Gasteiger partial charge on any atom is 0.240 e. The number of nitrogens with one attached hydrogen (secondary N) is 1. The van der Waals surface area contributed by atoms with E-state index in [1.54, 1.807) is 17.5 Å². The van der Waals surface area contributed by atoms with Crippen molar-refractivity contribution in [3.05, 3.63) is 51.8 Å². The van der Waals surface area contributed by atoms with Crippen LogP contribution in [-0.4, -0.2) is 15.5 Å². The summed E-state index contributed by atoms with van der Waals surface area (Å²) in [6.45, 7) is 2.73. The predicted molar refractivity (Wildman–Crippen MR) is 88.3 cm³/mol. The molecule has 21 heavy (non-hydrogen) atoms. The monoisotopic (exact) mass is 363 g/mol. The van der Waals surface area contributed by atoms with E-state index in [0.29, 0.717) is 13.1 Å². The fourth-order valence-electron chi connectivity index (χ4n) is 2.19. The van der Waals surface area contributed by atoms with Crippen LogP contribution in [0.4, 0.5) is 0 Å². The molecule has 0 saturated heterocycles. The summed E-state index contributed by atoms with van der Waals surface area (Å²) < 4.78 is 4.14. The van der Waals surface area contributed by atoms with Gasteiger partial charge in [0.1, 0.15) is 12.4 Å². The zero-order valence-electron chi connectivity index (χ0n) is 11.5. The average molecular weight is 364 g/mol. The molecule has 0 bridgehead atoms. The van der Waals surface area contributed by atoms with Crippen LogP contribution in [0.1, 0.15) is 11.4 Å². The Labute approximate surface area is 134 Å². The van der Waals surface area contributed by atoms with Crippen molar-refractivity contribution in [2.24, 2.45) is 0 Å². The number of aromatic nitrogens is 2. The summed E-state index contributed by atoms with van der Waals surface area (Å²) in [6.07, 6.45) is 3.51. The fraction of sp³-hybridized carbons (Fsp3) is 0.200. The minimum absolute atomic E-state index is 0.00885. The lowest BCUT2D eigenvalue weighted by atomic mass is 10.2. The van der Waals surface area contributed by atoms with Crippen molar-refractivity contribution in [3.8, 4) is 0 Å². The highest BCUT2D eigenvalue weighted by atomic mass is 79.9.